The molecule has 2 rings (SSSR count). The van der Waals surface area contributed by atoms with Gasteiger partial charge in [0.2, 0.25) is 0 Å². The Bertz CT molecular complexity index is 340. The molecule has 2 aliphatic heterocycles. The number of hydrogen-bond acceptors (Lipinski definition) is 4. The van der Waals surface area contributed by atoms with Gasteiger partial charge in [-0.15, -0.1) is 0 Å². The van der Waals surface area contributed by atoms with Crippen molar-refractivity contribution in [1.82, 2.24) is 15.1 Å². The third-order valence-electron chi connectivity index (χ3n) is 4.02. The van der Waals surface area contributed by atoms with Crippen LogP contribution in [0.2, 0.25) is 0 Å². The van der Waals surface area contributed by atoms with Gasteiger partial charge in [-0.25, -0.2) is 0 Å². The minimum absolute atomic E-state index is 0.196. The van der Waals surface area contributed by atoms with Crippen LogP contribution in [0.25, 0.3) is 0 Å². The molecule has 2 heterocycles. The number of aliphatic hydroxyl groups excluding tert-OH is 1. The lowest BCUT2D eigenvalue weighted by atomic mass is 9.96. The molecule has 2 unspecified atom stereocenters. The van der Waals surface area contributed by atoms with Crippen LogP contribution in [0.5, 0.6) is 0 Å². The first-order valence-electron chi connectivity index (χ1n) is 7.06. The number of nitrogens with one attached hydrogen (secondary N) is 1. The van der Waals surface area contributed by atoms with E-state index in [-0.39, 0.29) is 12.5 Å². The maximum atomic E-state index is 12.2. The fourth-order valence-corrected chi connectivity index (χ4v) is 2.55. The molecular weight excluding hydrogens is 246 g/mol. The number of nitrogens with zero attached hydrogens (tertiary/aromatic N) is 2. The largest absolute Gasteiger partial charge is 0.391 e. The molecule has 0 spiro atoms. The van der Waals surface area contributed by atoms with E-state index in [9.17, 15) is 14.7 Å². The monoisotopic (exact) mass is 269 g/mol. The number of rotatable bonds is 0. The first-order chi connectivity index (χ1) is 9.09. The second kappa shape index (κ2) is 6.34. The van der Waals surface area contributed by atoms with E-state index in [4.69, 9.17) is 0 Å². The van der Waals surface area contributed by atoms with Crippen LogP contribution < -0.4 is 5.32 Å². The van der Waals surface area contributed by atoms with Crippen molar-refractivity contribution in [2.75, 3.05) is 39.3 Å². The highest BCUT2D eigenvalue weighted by molar-refractivity contribution is 6.34. The molecule has 108 valence electrons. The summed E-state index contributed by atoms with van der Waals surface area (Å²) < 4.78 is 0. The van der Waals surface area contributed by atoms with Gasteiger partial charge < -0.3 is 20.2 Å². The van der Waals surface area contributed by atoms with Gasteiger partial charge in [0.1, 0.15) is 0 Å². The fourth-order valence-electron chi connectivity index (χ4n) is 2.55. The van der Waals surface area contributed by atoms with Crippen molar-refractivity contribution in [3.8, 4) is 0 Å². The molecule has 2 saturated heterocycles. The van der Waals surface area contributed by atoms with Gasteiger partial charge >= 0.3 is 11.8 Å². The molecule has 2 N–H and O–H groups in total. The normalized spacial score (nSPS) is 28.9. The van der Waals surface area contributed by atoms with Crippen LogP contribution >= 0.6 is 0 Å². The van der Waals surface area contributed by atoms with Gasteiger partial charge in [0.05, 0.1) is 6.10 Å². The number of carbonyl (C=O) groups excluding carboxylic acids is 2. The number of likely N-dealkylation sites (tertiary alicyclic amines) is 1. The summed E-state index contributed by atoms with van der Waals surface area (Å²) in [5.74, 6) is -0.695. The van der Waals surface area contributed by atoms with E-state index < -0.39 is 17.9 Å². The van der Waals surface area contributed by atoms with Crippen molar-refractivity contribution in [1.29, 1.82) is 0 Å². The van der Waals surface area contributed by atoms with Gasteiger partial charge in [-0.2, -0.15) is 0 Å². The van der Waals surface area contributed by atoms with Gasteiger partial charge in [0, 0.05) is 32.7 Å². The minimum atomic E-state index is -0.517. The Kier molecular flexibility index (Phi) is 4.76. The van der Waals surface area contributed by atoms with E-state index in [0.717, 1.165) is 25.9 Å². The second-order valence-electron chi connectivity index (χ2n) is 5.48. The van der Waals surface area contributed by atoms with Gasteiger partial charge in [0.15, 0.2) is 0 Å². The smallest absolute Gasteiger partial charge is 0.312 e. The van der Waals surface area contributed by atoms with Crippen LogP contribution in [0.15, 0.2) is 0 Å². The SMILES string of the molecule is CC1CCN(C(=O)C(=O)N2CCCNCC2)CC1O. The van der Waals surface area contributed by atoms with E-state index >= 15 is 0 Å². The molecule has 2 fully saturated rings. The highest BCUT2D eigenvalue weighted by Crippen LogP contribution is 2.17. The van der Waals surface area contributed by atoms with Crippen molar-refractivity contribution >= 4 is 11.8 Å². The van der Waals surface area contributed by atoms with Crippen LogP contribution in [0.4, 0.5) is 0 Å². The number of amides is 2. The van der Waals surface area contributed by atoms with E-state index in [1.165, 1.54) is 4.90 Å². The van der Waals surface area contributed by atoms with Crippen molar-refractivity contribution < 1.29 is 14.7 Å². The Morgan fingerprint density at radius 1 is 1.11 bits per heavy atom. The lowest BCUT2D eigenvalue weighted by Crippen LogP contribution is -2.52. The molecule has 6 nitrogen and oxygen atoms in total. The van der Waals surface area contributed by atoms with Gasteiger partial charge in [-0.3, -0.25) is 9.59 Å². The molecule has 0 aromatic heterocycles. The summed E-state index contributed by atoms with van der Waals surface area (Å²) >= 11 is 0. The first kappa shape index (κ1) is 14.3. The van der Waals surface area contributed by atoms with Crippen LogP contribution in [-0.4, -0.2) is 72.1 Å². The lowest BCUT2D eigenvalue weighted by molar-refractivity contribution is -0.154. The molecule has 0 aliphatic carbocycles. The Balaban J connectivity index is 1.93. The maximum absolute atomic E-state index is 12.2. The van der Waals surface area contributed by atoms with Crippen molar-refractivity contribution in [2.45, 2.75) is 25.9 Å². The Labute approximate surface area is 113 Å². The van der Waals surface area contributed by atoms with E-state index in [1.807, 2.05) is 6.92 Å². The number of piperidine rings is 1. The Hall–Kier alpha value is -1.14. The van der Waals surface area contributed by atoms with Crippen molar-refractivity contribution in [3.05, 3.63) is 0 Å². The van der Waals surface area contributed by atoms with E-state index in [0.29, 0.717) is 19.6 Å². The summed E-state index contributed by atoms with van der Waals surface area (Å²) in [6, 6.07) is 0. The van der Waals surface area contributed by atoms with Gasteiger partial charge in [-0.05, 0) is 25.3 Å². The number of aliphatic hydroxyl groups is 1. The summed E-state index contributed by atoms with van der Waals surface area (Å²) in [4.78, 5) is 27.4. The summed E-state index contributed by atoms with van der Waals surface area (Å²) in [5, 5.41) is 13.0. The molecule has 0 aromatic rings. The first-order valence-corrected chi connectivity index (χ1v) is 7.06. The molecule has 0 aromatic carbocycles. The van der Waals surface area contributed by atoms with Crippen LogP contribution in [0.3, 0.4) is 0 Å². The molecule has 0 saturated carbocycles. The second-order valence-corrected chi connectivity index (χ2v) is 5.48. The van der Waals surface area contributed by atoms with Crippen LogP contribution in [-0.2, 0) is 9.59 Å². The molecule has 2 atom stereocenters. The number of hydrogen-bond donors (Lipinski definition) is 2. The summed E-state index contributed by atoms with van der Waals surface area (Å²) in [5.41, 5.74) is 0. The van der Waals surface area contributed by atoms with Gasteiger partial charge in [0.25, 0.3) is 0 Å². The standard InChI is InChI=1S/C13H23N3O3/c1-10-3-7-16(9-11(10)17)13(19)12(18)15-6-2-4-14-5-8-15/h10-11,14,17H,2-9H2,1H3. The molecule has 2 amide bonds. The highest BCUT2D eigenvalue weighted by Gasteiger charge is 2.32. The highest BCUT2D eigenvalue weighted by atomic mass is 16.3. The molecule has 2 aliphatic rings. The van der Waals surface area contributed by atoms with Crippen molar-refractivity contribution in [2.24, 2.45) is 5.92 Å². The third-order valence-corrected chi connectivity index (χ3v) is 4.02. The maximum Gasteiger partial charge on any atom is 0.312 e. The van der Waals surface area contributed by atoms with Crippen LogP contribution in [0.1, 0.15) is 19.8 Å². The summed E-state index contributed by atoms with van der Waals surface area (Å²) in [7, 11) is 0. The van der Waals surface area contributed by atoms with Crippen LogP contribution in [0, 0.1) is 5.92 Å². The predicted octanol–water partition coefficient (Wildman–Crippen LogP) is -0.962. The topological polar surface area (TPSA) is 72.9 Å². The quantitative estimate of drug-likeness (QED) is 0.556. The predicted molar refractivity (Wildman–Crippen MR) is 70.4 cm³/mol. The van der Waals surface area contributed by atoms with E-state index in [1.54, 1.807) is 4.90 Å². The lowest BCUT2D eigenvalue weighted by Gasteiger charge is -2.34. The number of carbonyl (C=O) groups is 2. The molecule has 19 heavy (non-hydrogen) atoms. The number of β-amino-alcohol motifs (C(OH)–C–C–N with tert-alkyl or cyclic N) is 1. The van der Waals surface area contributed by atoms with Gasteiger partial charge in [-0.1, -0.05) is 6.92 Å². The summed E-state index contributed by atoms with van der Waals surface area (Å²) in [6.45, 7) is 5.64. The zero-order valence-electron chi connectivity index (χ0n) is 11.5. The zero-order chi connectivity index (χ0) is 13.8. The zero-order valence-corrected chi connectivity index (χ0v) is 11.5. The summed E-state index contributed by atoms with van der Waals surface area (Å²) in [6.07, 6.45) is 1.11. The van der Waals surface area contributed by atoms with E-state index in [2.05, 4.69) is 5.32 Å². The molecule has 6 heteroatoms. The average Bonchev–Trinajstić information content (AvgIpc) is 2.69. The Morgan fingerprint density at radius 2 is 1.84 bits per heavy atom. The third kappa shape index (κ3) is 3.45. The average molecular weight is 269 g/mol. The van der Waals surface area contributed by atoms with Crippen molar-refractivity contribution in [3.63, 3.8) is 0 Å². The fraction of sp³-hybridized carbons (Fsp3) is 0.846. The minimum Gasteiger partial charge on any atom is -0.391 e. The molecule has 0 radical (unpaired) electrons. The molecule has 0 bridgehead atoms. The Morgan fingerprint density at radius 3 is 2.58 bits per heavy atom. The molecular formula is C13H23N3O3.